The van der Waals surface area contributed by atoms with E-state index in [0.29, 0.717) is 6.04 Å². The predicted molar refractivity (Wildman–Crippen MR) is 94.5 cm³/mol. The molecule has 2 aliphatic heterocycles. The highest BCUT2D eigenvalue weighted by Gasteiger charge is 2.25. The highest BCUT2D eigenvalue weighted by atomic mass is 32.2. The van der Waals surface area contributed by atoms with Crippen molar-refractivity contribution in [3.8, 4) is 0 Å². The third-order valence-corrected chi connectivity index (χ3v) is 6.03. The van der Waals surface area contributed by atoms with E-state index in [9.17, 15) is 0 Å². The molecular weight excluding hydrogens is 304 g/mol. The molecule has 0 bridgehead atoms. The molecule has 0 aliphatic carbocycles. The van der Waals surface area contributed by atoms with Gasteiger partial charge in [-0.15, -0.1) is 0 Å². The lowest BCUT2D eigenvalue weighted by Crippen LogP contribution is -2.38. The third kappa shape index (κ3) is 2.95. The molecule has 0 amide bonds. The van der Waals surface area contributed by atoms with Gasteiger partial charge in [0, 0.05) is 36.1 Å². The zero-order valence-corrected chi connectivity index (χ0v) is 14.3. The first-order valence-corrected chi connectivity index (χ1v) is 9.18. The second-order valence-corrected chi connectivity index (χ2v) is 7.44. The predicted octanol–water partition coefficient (Wildman–Crippen LogP) is 3.95. The van der Waals surface area contributed by atoms with Crippen LogP contribution in [0.2, 0.25) is 0 Å². The smallest absolute Gasteiger partial charge is 0.0739 e. The van der Waals surface area contributed by atoms with Gasteiger partial charge in [-0.3, -0.25) is 9.97 Å². The second-order valence-electron chi connectivity index (χ2n) is 6.36. The fourth-order valence-electron chi connectivity index (χ4n) is 3.61. The number of piperidine rings is 1. The van der Waals surface area contributed by atoms with E-state index in [-0.39, 0.29) is 0 Å². The molecule has 4 rings (SSSR count). The van der Waals surface area contributed by atoms with Gasteiger partial charge in [0.05, 0.1) is 22.5 Å². The molecule has 1 fully saturated rings. The van der Waals surface area contributed by atoms with Crippen LogP contribution in [0.25, 0.3) is 0 Å². The average molecular weight is 326 g/mol. The third-order valence-electron chi connectivity index (χ3n) is 4.93. The number of fused-ring (bicyclic) bond motifs is 2. The van der Waals surface area contributed by atoms with Gasteiger partial charge in [0.25, 0.3) is 0 Å². The summed E-state index contributed by atoms with van der Waals surface area (Å²) in [4.78, 5) is 16.1. The van der Waals surface area contributed by atoms with Crippen LogP contribution in [0.4, 0.5) is 11.4 Å². The van der Waals surface area contributed by atoms with Crippen LogP contribution in [0, 0.1) is 0 Å². The quantitative estimate of drug-likeness (QED) is 0.852. The van der Waals surface area contributed by atoms with Gasteiger partial charge in [0.1, 0.15) is 0 Å². The summed E-state index contributed by atoms with van der Waals surface area (Å²) in [6.45, 7) is 2.27. The average Bonchev–Trinajstić information content (AvgIpc) is 2.60. The van der Waals surface area contributed by atoms with E-state index in [0.717, 1.165) is 6.54 Å². The van der Waals surface area contributed by atoms with Crippen LogP contribution in [-0.2, 0) is 0 Å². The SMILES string of the molecule is CN1CCCCC1CCN1c2ccncc2Sc2ccncc21. The van der Waals surface area contributed by atoms with Crippen molar-refractivity contribution in [3.63, 3.8) is 0 Å². The number of likely N-dealkylation sites (tertiary alicyclic amines) is 1. The Kier molecular flexibility index (Phi) is 4.23. The van der Waals surface area contributed by atoms with Gasteiger partial charge in [-0.25, -0.2) is 0 Å². The number of hydrogen-bond acceptors (Lipinski definition) is 5. The van der Waals surface area contributed by atoms with Crippen LogP contribution in [0.5, 0.6) is 0 Å². The Morgan fingerprint density at radius 3 is 2.87 bits per heavy atom. The fraction of sp³-hybridized carbons (Fsp3) is 0.444. The maximum absolute atomic E-state index is 4.35. The zero-order valence-electron chi connectivity index (χ0n) is 13.5. The van der Waals surface area contributed by atoms with Crippen LogP contribution in [0.1, 0.15) is 25.7 Å². The summed E-state index contributed by atoms with van der Waals surface area (Å²) in [6.07, 6.45) is 13.0. The largest absolute Gasteiger partial charge is 0.338 e. The van der Waals surface area contributed by atoms with Gasteiger partial charge in [0.2, 0.25) is 0 Å². The lowest BCUT2D eigenvalue weighted by Gasteiger charge is -2.36. The topological polar surface area (TPSA) is 32.3 Å². The first-order chi connectivity index (χ1) is 11.3. The van der Waals surface area contributed by atoms with E-state index < -0.39 is 0 Å². The summed E-state index contributed by atoms with van der Waals surface area (Å²) in [5.74, 6) is 0. The summed E-state index contributed by atoms with van der Waals surface area (Å²) in [7, 11) is 2.27. The fourth-order valence-corrected chi connectivity index (χ4v) is 4.64. The summed E-state index contributed by atoms with van der Waals surface area (Å²) in [5.41, 5.74) is 2.50. The van der Waals surface area contributed by atoms with Gasteiger partial charge in [-0.2, -0.15) is 0 Å². The van der Waals surface area contributed by atoms with Crippen LogP contribution >= 0.6 is 11.8 Å². The molecule has 120 valence electrons. The Balaban J connectivity index is 1.60. The minimum Gasteiger partial charge on any atom is -0.338 e. The Bertz CT molecular complexity index is 645. The van der Waals surface area contributed by atoms with Crippen molar-refractivity contribution < 1.29 is 0 Å². The Morgan fingerprint density at radius 2 is 1.96 bits per heavy atom. The summed E-state index contributed by atoms with van der Waals surface area (Å²) >= 11 is 1.79. The number of aromatic nitrogens is 2. The highest BCUT2D eigenvalue weighted by Crippen LogP contribution is 2.47. The van der Waals surface area contributed by atoms with Crippen molar-refractivity contribution in [1.82, 2.24) is 14.9 Å². The molecule has 0 radical (unpaired) electrons. The van der Waals surface area contributed by atoms with Gasteiger partial charge >= 0.3 is 0 Å². The standard InChI is InChI=1S/C18H22N4S/c1-21-10-3-2-4-14(21)7-11-22-15-5-8-20-13-18(15)23-17-6-9-19-12-16(17)22/h5-6,8-9,12-14H,2-4,7,10-11H2,1H3. The number of pyridine rings is 2. The number of hydrogen-bond donors (Lipinski definition) is 0. The number of nitrogens with zero attached hydrogens (tertiary/aromatic N) is 4. The van der Waals surface area contributed by atoms with Crippen LogP contribution in [0.15, 0.2) is 46.7 Å². The molecule has 2 aliphatic rings. The van der Waals surface area contributed by atoms with Crippen molar-refractivity contribution in [3.05, 3.63) is 36.9 Å². The minimum absolute atomic E-state index is 0.698. The van der Waals surface area contributed by atoms with Crippen LogP contribution in [-0.4, -0.2) is 41.0 Å². The normalized spacial score (nSPS) is 20.9. The molecule has 4 heterocycles. The lowest BCUT2D eigenvalue weighted by atomic mass is 10.00. The van der Waals surface area contributed by atoms with Gasteiger partial charge in [-0.1, -0.05) is 18.2 Å². The number of rotatable bonds is 3. The summed E-state index contributed by atoms with van der Waals surface area (Å²) in [6, 6.07) is 4.93. The molecule has 1 saturated heterocycles. The molecule has 0 aromatic carbocycles. The summed E-state index contributed by atoms with van der Waals surface area (Å²) in [5, 5.41) is 0. The molecule has 2 aromatic heterocycles. The molecule has 0 spiro atoms. The Morgan fingerprint density at radius 1 is 1.09 bits per heavy atom. The van der Waals surface area contributed by atoms with E-state index in [4.69, 9.17) is 0 Å². The molecule has 1 atom stereocenters. The minimum atomic E-state index is 0.698. The first kappa shape index (κ1) is 15.0. The van der Waals surface area contributed by atoms with Gasteiger partial charge in [0.15, 0.2) is 0 Å². The van der Waals surface area contributed by atoms with Gasteiger partial charge in [-0.05, 0) is 45.0 Å². The van der Waals surface area contributed by atoms with E-state index in [1.165, 1.54) is 53.4 Å². The van der Waals surface area contributed by atoms with Crippen molar-refractivity contribution in [2.75, 3.05) is 25.0 Å². The van der Waals surface area contributed by atoms with Gasteiger partial charge < -0.3 is 9.80 Å². The molecule has 0 N–H and O–H groups in total. The van der Waals surface area contributed by atoms with Crippen LogP contribution < -0.4 is 4.90 Å². The summed E-state index contributed by atoms with van der Waals surface area (Å²) < 4.78 is 0. The maximum atomic E-state index is 4.35. The molecule has 5 heteroatoms. The van der Waals surface area contributed by atoms with E-state index in [2.05, 4.69) is 38.9 Å². The zero-order chi connectivity index (χ0) is 15.6. The molecule has 0 saturated carbocycles. The van der Waals surface area contributed by atoms with E-state index >= 15 is 0 Å². The van der Waals surface area contributed by atoms with E-state index in [1.54, 1.807) is 11.8 Å². The number of anilines is 2. The van der Waals surface area contributed by atoms with E-state index in [1.807, 2.05) is 24.8 Å². The maximum Gasteiger partial charge on any atom is 0.0739 e. The monoisotopic (exact) mass is 326 g/mol. The van der Waals surface area contributed by atoms with Crippen molar-refractivity contribution in [2.45, 2.75) is 41.5 Å². The van der Waals surface area contributed by atoms with Crippen molar-refractivity contribution >= 4 is 23.1 Å². The lowest BCUT2D eigenvalue weighted by molar-refractivity contribution is 0.178. The Hall–Kier alpha value is -1.59. The van der Waals surface area contributed by atoms with Crippen molar-refractivity contribution in [1.29, 1.82) is 0 Å². The molecule has 4 nitrogen and oxygen atoms in total. The second kappa shape index (κ2) is 6.49. The molecular formula is C18H22N4S. The first-order valence-electron chi connectivity index (χ1n) is 8.36. The van der Waals surface area contributed by atoms with Crippen LogP contribution in [0.3, 0.4) is 0 Å². The molecule has 1 unspecified atom stereocenters. The Labute approximate surface area is 141 Å². The highest BCUT2D eigenvalue weighted by molar-refractivity contribution is 7.99. The molecule has 23 heavy (non-hydrogen) atoms. The van der Waals surface area contributed by atoms with Crippen molar-refractivity contribution in [2.24, 2.45) is 0 Å². The molecule has 2 aromatic rings.